The van der Waals surface area contributed by atoms with Crippen LogP contribution >= 0.6 is 0 Å². The Hall–Kier alpha value is -1.39. The molecule has 1 rings (SSSR count). The molecule has 1 heterocycles. The second kappa shape index (κ2) is 2.58. The van der Waals surface area contributed by atoms with Crippen molar-refractivity contribution in [2.75, 3.05) is 0 Å². The highest BCUT2D eigenvalue weighted by Gasteiger charge is 2.43. The maximum atomic E-state index is 12.7. The van der Waals surface area contributed by atoms with E-state index in [0.717, 1.165) is 12.3 Å². The summed E-state index contributed by atoms with van der Waals surface area (Å²) >= 11 is 0. The molecule has 0 aromatic carbocycles. The molecule has 1 N–H and O–H groups in total. The van der Waals surface area contributed by atoms with Crippen LogP contribution in [0.15, 0.2) is 16.7 Å². The van der Waals surface area contributed by atoms with Crippen LogP contribution in [0.1, 0.15) is 11.3 Å². The van der Waals surface area contributed by atoms with E-state index in [1.807, 2.05) is 0 Å². The third kappa shape index (κ3) is 1.17. The van der Waals surface area contributed by atoms with E-state index in [1.54, 1.807) is 0 Å². The van der Waals surface area contributed by atoms with Crippen LogP contribution in [-0.2, 0) is 10.7 Å². The van der Waals surface area contributed by atoms with Gasteiger partial charge in [0.05, 0.1) is 11.8 Å². The molecule has 0 saturated heterocycles. The van der Waals surface area contributed by atoms with Crippen LogP contribution < -0.4 is 0 Å². The Morgan fingerprint density at radius 3 is 2.58 bits per heavy atom. The Labute approximate surface area is 66.6 Å². The molecule has 0 fully saturated rings. The molecule has 0 aliphatic carbocycles. The maximum Gasteiger partial charge on any atom is 0.379 e. The van der Waals surface area contributed by atoms with Gasteiger partial charge in [0.15, 0.2) is 0 Å². The van der Waals surface area contributed by atoms with Crippen molar-refractivity contribution in [2.24, 2.45) is 0 Å². The van der Waals surface area contributed by atoms with Crippen molar-refractivity contribution < 1.29 is 23.1 Å². The molecule has 0 saturated carbocycles. The van der Waals surface area contributed by atoms with Gasteiger partial charge >= 0.3 is 11.9 Å². The fourth-order valence-corrected chi connectivity index (χ4v) is 0.826. The Kier molecular flexibility index (Phi) is 1.87. The number of alkyl halides is 2. The first-order chi connectivity index (χ1) is 5.46. The molecule has 1 aromatic rings. The Morgan fingerprint density at radius 1 is 1.67 bits per heavy atom. The standard InChI is InChI=1S/C7H6F2O3/c1-4-5(2-3-12-4)7(8,9)6(10)11/h2-3H,1H3,(H,10,11). The number of aryl methyl sites for hydroxylation is 1. The number of hydrogen-bond donors (Lipinski definition) is 1. The molecule has 3 nitrogen and oxygen atoms in total. The van der Waals surface area contributed by atoms with E-state index in [4.69, 9.17) is 5.11 Å². The van der Waals surface area contributed by atoms with E-state index < -0.39 is 17.5 Å². The van der Waals surface area contributed by atoms with Gasteiger partial charge in [-0.15, -0.1) is 0 Å². The van der Waals surface area contributed by atoms with Crippen molar-refractivity contribution in [1.82, 2.24) is 0 Å². The molecule has 0 atom stereocenters. The van der Waals surface area contributed by atoms with Crippen molar-refractivity contribution >= 4 is 5.97 Å². The molecular weight excluding hydrogens is 170 g/mol. The average molecular weight is 176 g/mol. The molecule has 0 bridgehead atoms. The van der Waals surface area contributed by atoms with E-state index in [0.29, 0.717) is 0 Å². The zero-order valence-corrected chi connectivity index (χ0v) is 6.17. The summed E-state index contributed by atoms with van der Waals surface area (Å²) in [5, 5.41) is 8.15. The largest absolute Gasteiger partial charge is 0.477 e. The highest BCUT2D eigenvalue weighted by Crippen LogP contribution is 2.30. The van der Waals surface area contributed by atoms with Crippen molar-refractivity contribution in [3.05, 3.63) is 23.7 Å². The van der Waals surface area contributed by atoms with E-state index in [2.05, 4.69) is 4.42 Å². The number of halogens is 2. The van der Waals surface area contributed by atoms with Gasteiger partial charge in [0.1, 0.15) is 5.76 Å². The van der Waals surface area contributed by atoms with Crippen molar-refractivity contribution in [3.8, 4) is 0 Å². The van der Waals surface area contributed by atoms with Crippen molar-refractivity contribution in [1.29, 1.82) is 0 Å². The Balaban J connectivity index is 3.13. The lowest BCUT2D eigenvalue weighted by molar-refractivity contribution is -0.166. The highest BCUT2D eigenvalue weighted by molar-refractivity contribution is 5.77. The molecule has 12 heavy (non-hydrogen) atoms. The van der Waals surface area contributed by atoms with E-state index in [1.165, 1.54) is 6.92 Å². The van der Waals surface area contributed by atoms with Crippen LogP contribution in [0, 0.1) is 6.92 Å². The zero-order valence-electron chi connectivity index (χ0n) is 6.17. The second-order valence-corrected chi connectivity index (χ2v) is 2.27. The smallest absolute Gasteiger partial charge is 0.379 e. The van der Waals surface area contributed by atoms with Crippen LogP contribution in [0.3, 0.4) is 0 Å². The fraction of sp³-hybridized carbons (Fsp3) is 0.286. The van der Waals surface area contributed by atoms with Gasteiger partial charge in [-0.3, -0.25) is 0 Å². The van der Waals surface area contributed by atoms with Crippen LogP contribution in [0.5, 0.6) is 0 Å². The number of aliphatic carboxylic acids is 1. The lowest BCUT2D eigenvalue weighted by Crippen LogP contribution is -2.25. The minimum absolute atomic E-state index is 0.0811. The zero-order chi connectivity index (χ0) is 9.35. The average Bonchev–Trinajstić information content (AvgIpc) is 2.35. The molecule has 0 amide bonds. The Bertz CT molecular complexity index is 303. The quantitative estimate of drug-likeness (QED) is 0.746. The normalized spacial score (nSPS) is 11.6. The number of carboxylic acids is 1. The number of furan rings is 1. The molecule has 0 aliphatic rings. The van der Waals surface area contributed by atoms with Gasteiger partial charge in [-0.25, -0.2) is 4.79 Å². The summed E-state index contributed by atoms with van der Waals surface area (Å²) < 4.78 is 30.0. The number of carboxylic acid groups (broad SMARTS) is 1. The van der Waals surface area contributed by atoms with Gasteiger partial charge in [-0.2, -0.15) is 8.78 Å². The van der Waals surface area contributed by atoms with Gasteiger partial charge in [-0.1, -0.05) is 0 Å². The van der Waals surface area contributed by atoms with Crippen LogP contribution in [-0.4, -0.2) is 11.1 Å². The first-order valence-electron chi connectivity index (χ1n) is 3.12. The summed E-state index contributed by atoms with van der Waals surface area (Å²) in [6.45, 7) is 1.28. The molecule has 66 valence electrons. The van der Waals surface area contributed by atoms with E-state index in [-0.39, 0.29) is 5.76 Å². The summed E-state index contributed by atoms with van der Waals surface area (Å²) in [5.41, 5.74) is -0.602. The number of carbonyl (C=O) groups is 1. The first-order valence-corrected chi connectivity index (χ1v) is 3.12. The topological polar surface area (TPSA) is 50.4 Å². The highest BCUT2D eigenvalue weighted by atomic mass is 19.3. The third-order valence-corrected chi connectivity index (χ3v) is 1.47. The lowest BCUT2D eigenvalue weighted by Gasteiger charge is -2.08. The van der Waals surface area contributed by atoms with Crippen LogP contribution in [0.4, 0.5) is 8.78 Å². The molecule has 0 aliphatic heterocycles. The van der Waals surface area contributed by atoms with Crippen LogP contribution in [0.25, 0.3) is 0 Å². The lowest BCUT2D eigenvalue weighted by atomic mass is 10.1. The SMILES string of the molecule is Cc1occc1C(F)(F)C(=O)O. The summed E-state index contributed by atoms with van der Waals surface area (Å²) in [5.74, 6) is -6.12. The van der Waals surface area contributed by atoms with Crippen molar-refractivity contribution in [2.45, 2.75) is 12.8 Å². The predicted octanol–water partition coefficient (Wildman–Crippen LogP) is 1.76. The summed E-state index contributed by atoms with van der Waals surface area (Å²) in [4.78, 5) is 10.1. The molecule has 0 spiro atoms. The van der Waals surface area contributed by atoms with E-state index >= 15 is 0 Å². The van der Waals surface area contributed by atoms with E-state index in [9.17, 15) is 13.6 Å². The third-order valence-electron chi connectivity index (χ3n) is 1.47. The van der Waals surface area contributed by atoms with Gasteiger partial charge in [0, 0.05) is 0 Å². The second-order valence-electron chi connectivity index (χ2n) is 2.27. The number of hydrogen-bond acceptors (Lipinski definition) is 2. The summed E-state index contributed by atoms with van der Waals surface area (Å²) in [7, 11) is 0. The van der Waals surface area contributed by atoms with Gasteiger partial charge in [0.2, 0.25) is 0 Å². The predicted molar refractivity (Wildman–Crippen MR) is 35.0 cm³/mol. The number of rotatable bonds is 2. The van der Waals surface area contributed by atoms with Crippen molar-refractivity contribution in [3.63, 3.8) is 0 Å². The van der Waals surface area contributed by atoms with Gasteiger partial charge in [0.25, 0.3) is 0 Å². The molecule has 0 radical (unpaired) electrons. The van der Waals surface area contributed by atoms with Gasteiger partial charge < -0.3 is 9.52 Å². The first kappa shape index (κ1) is 8.70. The minimum atomic E-state index is -3.86. The molecular formula is C7H6F2O3. The fourth-order valence-electron chi connectivity index (χ4n) is 0.826. The minimum Gasteiger partial charge on any atom is -0.477 e. The molecule has 1 aromatic heterocycles. The van der Waals surface area contributed by atoms with Crippen LogP contribution in [0.2, 0.25) is 0 Å². The summed E-state index contributed by atoms with van der Waals surface area (Å²) in [6.07, 6.45) is 1.03. The van der Waals surface area contributed by atoms with Gasteiger partial charge in [-0.05, 0) is 13.0 Å². The molecule has 0 unspecified atom stereocenters. The Morgan fingerprint density at radius 2 is 2.25 bits per heavy atom. The monoisotopic (exact) mass is 176 g/mol. The summed E-state index contributed by atoms with van der Waals surface area (Å²) in [6, 6.07) is 0.948. The molecule has 5 heteroatoms. The maximum absolute atomic E-state index is 12.7.